The normalized spacial score (nSPS) is 16.8. The van der Waals surface area contributed by atoms with Crippen LogP contribution in [-0.2, 0) is 19.8 Å². The molecule has 1 heterocycles. The second kappa shape index (κ2) is 16.2. The van der Waals surface area contributed by atoms with E-state index in [0.29, 0.717) is 19.3 Å². The van der Waals surface area contributed by atoms with Crippen LogP contribution in [0.4, 0.5) is 0 Å². The Kier molecular flexibility index (Phi) is 15.9. The van der Waals surface area contributed by atoms with E-state index in [2.05, 4.69) is 6.92 Å². The zero-order valence-electron chi connectivity index (χ0n) is 19.8. The van der Waals surface area contributed by atoms with Crippen molar-refractivity contribution in [1.82, 2.24) is 8.61 Å². The van der Waals surface area contributed by atoms with Crippen LogP contribution in [0.25, 0.3) is 0 Å². The number of hydrogen-bond acceptors (Lipinski definition) is 4. The van der Waals surface area contributed by atoms with E-state index in [1.54, 1.807) is 0 Å². The van der Waals surface area contributed by atoms with Crippen molar-refractivity contribution >= 4 is 22.0 Å². The van der Waals surface area contributed by atoms with Gasteiger partial charge in [-0.15, -0.1) is 0 Å². The van der Waals surface area contributed by atoms with Crippen LogP contribution < -0.4 is 18.9 Å². The summed E-state index contributed by atoms with van der Waals surface area (Å²) in [5.41, 5.74) is 0. The summed E-state index contributed by atoms with van der Waals surface area (Å²) in [5, 5.41) is 0. The molecule has 1 aliphatic rings. The van der Waals surface area contributed by atoms with E-state index in [1.165, 1.54) is 38.5 Å². The van der Waals surface area contributed by atoms with Gasteiger partial charge in [0.25, 0.3) is 0 Å². The Bertz CT molecular complexity index is 564. The largest absolute Gasteiger partial charge is 1.00 e. The molecular weight excluding hydrogens is 395 g/mol. The number of unbranched alkanes of at least 4 members (excludes halogenated alkanes) is 10. The van der Waals surface area contributed by atoms with E-state index < -0.39 is 27.9 Å². The molecule has 1 rings (SSSR count). The maximum Gasteiger partial charge on any atom is 1.00 e. The summed E-state index contributed by atoms with van der Waals surface area (Å²) in [4.78, 5) is 25.7. The fraction of sp³-hybridized carbons (Fsp3) is 0.909. The van der Waals surface area contributed by atoms with Crippen molar-refractivity contribution in [2.45, 2.75) is 111 Å². The molecule has 6 nitrogen and oxygen atoms in total. The minimum Gasteiger partial charge on any atom is -0.273 e. The first-order chi connectivity index (χ1) is 13.9. The zero-order valence-corrected chi connectivity index (χ0v) is 20.6. The molecule has 170 valence electrons. The third-order valence-corrected chi connectivity index (χ3v) is 7.51. The summed E-state index contributed by atoms with van der Waals surface area (Å²) >= 11 is 0. The molecule has 0 spiro atoms. The number of amides is 2. The summed E-state index contributed by atoms with van der Waals surface area (Å²) in [6, 6.07) is 0. The summed E-state index contributed by atoms with van der Waals surface area (Å²) in [5.74, 6) is -1.87. The topological polar surface area (TPSA) is 74.8 Å². The molecule has 0 aromatic rings. The molecule has 2 amide bonds. The Morgan fingerprint density at radius 3 is 1.40 bits per heavy atom. The molecule has 0 N–H and O–H groups in total. The minimum absolute atomic E-state index is 0. The smallest absolute Gasteiger partial charge is 0.273 e. The molecule has 0 bridgehead atoms. The first kappa shape index (κ1) is 29.5. The second-order valence-corrected chi connectivity index (χ2v) is 9.98. The molecule has 0 atom stereocenters. The van der Waals surface area contributed by atoms with Crippen molar-refractivity contribution in [3.8, 4) is 0 Å². The van der Waals surface area contributed by atoms with Crippen molar-refractivity contribution < 1.29 is 36.9 Å². The summed E-state index contributed by atoms with van der Waals surface area (Å²) in [6.07, 6.45) is 13.7. The van der Waals surface area contributed by atoms with E-state index in [-0.39, 0.29) is 32.0 Å². The van der Waals surface area contributed by atoms with Crippen molar-refractivity contribution in [2.75, 3.05) is 13.1 Å². The molecule has 30 heavy (non-hydrogen) atoms. The van der Waals surface area contributed by atoms with Crippen LogP contribution in [-0.4, -0.2) is 41.9 Å². The van der Waals surface area contributed by atoms with Crippen molar-refractivity contribution in [1.29, 1.82) is 0 Å². The average molecular weight is 438 g/mol. The number of hydrogen-bond donors (Lipinski definition) is 0. The van der Waals surface area contributed by atoms with Gasteiger partial charge in [-0.3, -0.25) is 9.59 Å². The maximum atomic E-state index is 12.8. The number of carbonyl (C=O) groups excluding carboxylic acids is 2. The van der Waals surface area contributed by atoms with Gasteiger partial charge in [0, 0.05) is 13.1 Å². The number of nitrogens with zero attached hydrogens (tertiary/aromatic N) is 2. The van der Waals surface area contributed by atoms with Crippen LogP contribution in [0.2, 0.25) is 0 Å². The van der Waals surface area contributed by atoms with Crippen LogP contribution in [0.5, 0.6) is 0 Å². The molecule has 1 aliphatic heterocycles. The van der Waals surface area contributed by atoms with E-state index in [0.717, 1.165) is 40.7 Å². The molecular formula is C22H42LiN2O4S+. The van der Waals surface area contributed by atoms with Gasteiger partial charge in [-0.25, -0.2) is 8.61 Å². The van der Waals surface area contributed by atoms with E-state index in [9.17, 15) is 18.0 Å². The molecule has 0 saturated carbocycles. The molecule has 0 aromatic carbocycles. The summed E-state index contributed by atoms with van der Waals surface area (Å²) in [7, 11) is -4.02. The molecule has 1 fully saturated rings. The average Bonchev–Trinajstić information content (AvgIpc) is 2.68. The molecule has 8 heteroatoms. The van der Waals surface area contributed by atoms with Crippen molar-refractivity contribution in [3.63, 3.8) is 0 Å². The Morgan fingerprint density at radius 1 is 0.633 bits per heavy atom. The standard InChI is InChI=1S/C22H42N2O4S.Li/c1-4-7-10-11-12-13-14-15-16-17-20-21(25)23(18-8-5-2)29(27,28)24(22(20)26)19-9-6-3;/h20H,4-19H2,1-3H3;/q;+1. The predicted octanol–water partition coefficient (Wildman–Crippen LogP) is 2.04. The number of rotatable bonds is 16. The van der Waals surface area contributed by atoms with Gasteiger partial charge < -0.3 is 0 Å². The summed E-state index contributed by atoms with van der Waals surface area (Å²) < 4.78 is 27.6. The van der Waals surface area contributed by atoms with Crippen LogP contribution in [0.15, 0.2) is 0 Å². The second-order valence-electron chi connectivity index (χ2n) is 8.21. The first-order valence-corrected chi connectivity index (χ1v) is 13.2. The summed E-state index contributed by atoms with van der Waals surface area (Å²) in [6.45, 7) is 6.47. The molecule has 0 unspecified atom stereocenters. The van der Waals surface area contributed by atoms with Crippen LogP contribution in [0, 0.1) is 5.92 Å². The first-order valence-electron chi connectivity index (χ1n) is 11.8. The molecule has 0 aromatic heterocycles. The van der Waals surface area contributed by atoms with Gasteiger partial charge in [-0.05, 0) is 19.3 Å². The minimum atomic E-state index is -4.02. The van der Waals surface area contributed by atoms with E-state index >= 15 is 0 Å². The van der Waals surface area contributed by atoms with Crippen molar-refractivity contribution in [2.24, 2.45) is 5.92 Å². The maximum absolute atomic E-state index is 12.8. The fourth-order valence-corrected chi connectivity index (χ4v) is 5.43. The van der Waals surface area contributed by atoms with Gasteiger partial charge in [-0.1, -0.05) is 91.4 Å². The van der Waals surface area contributed by atoms with Crippen LogP contribution in [0.1, 0.15) is 111 Å². The Morgan fingerprint density at radius 2 is 1.00 bits per heavy atom. The molecule has 0 aliphatic carbocycles. The van der Waals surface area contributed by atoms with Gasteiger partial charge in [-0.2, -0.15) is 8.42 Å². The SMILES string of the molecule is CCCCCCCCCCCC1C(=O)N(CCCC)S(=O)(=O)N(CCCC)C1=O.[Li+]. The zero-order chi connectivity index (χ0) is 21.7. The van der Waals surface area contributed by atoms with Gasteiger partial charge in [0.1, 0.15) is 5.92 Å². The van der Waals surface area contributed by atoms with Crippen LogP contribution in [0.3, 0.4) is 0 Å². The van der Waals surface area contributed by atoms with Gasteiger partial charge in [0.2, 0.25) is 11.8 Å². The molecule has 1 saturated heterocycles. The van der Waals surface area contributed by atoms with Crippen molar-refractivity contribution in [3.05, 3.63) is 0 Å². The Balaban J connectivity index is 0.00000841. The van der Waals surface area contributed by atoms with E-state index in [4.69, 9.17) is 0 Å². The third-order valence-electron chi connectivity index (χ3n) is 5.67. The Labute approximate surface area is 196 Å². The molecule has 0 radical (unpaired) electrons. The Hall–Kier alpha value is -0.513. The van der Waals surface area contributed by atoms with Gasteiger partial charge >= 0.3 is 29.1 Å². The third kappa shape index (κ3) is 8.92. The van der Waals surface area contributed by atoms with Gasteiger partial charge in [0.15, 0.2) is 0 Å². The van der Waals surface area contributed by atoms with E-state index in [1.807, 2.05) is 13.8 Å². The van der Waals surface area contributed by atoms with Crippen LogP contribution >= 0.6 is 0 Å². The quantitative estimate of drug-likeness (QED) is 0.210. The monoisotopic (exact) mass is 437 g/mol. The predicted molar refractivity (Wildman–Crippen MR) is 117 cm³/mol. The van der Waals surface area contributed by atoms with Gasteiger partial charge in [0.05, 0.1) is 0 Å². The fourth-order valence-electron chi connectivity index (χ4n) is 3.76. The number of carbonyl (C=O) groups is 2.